The van der Waals surface area contributed by atoms with Crippen molar-refractivity contribution in [3.63, 3.8) is 0 Å². The molecule has 0 heterocycles. The van der Waals surface area contributed by atoms with E-state index in [4.69, 9.17) is 0 Å². The second-order valence-corrected chi connectivity index (χ2v) is 3.28. The molecule has 0 aromatic heterocycles. The van der Waals surface area contributed by atoms with E-state index >= 15 is 0 Å². The van der Waals surface area contributed by atoms with Gasteiger partial charge in [0, 0.05) is 0 Å². The lowest BCUT2D eigenvalue weighted by Crippen LogP contribution is -2.12. The summed E-state index contributed by atoms with van der Waals surface area (Å²) < 4.78 is 4.50. The Labute approximate surface area is 89.0 Å². The van der Waals surface area contributed by atoms with E-state index in [0.717, 1.165) is 5.56 Å². The minimum absolute atomic E-state index is 0.0480. The maximum atomic E-state index is 11.2. The van der Waals surface area contributed by atoms with Crippen LogP contribution in [0.25, 0.3) is 0 Å². The lowest BCUT2D eigenvalue weighted by Gasteiger charge is -2.14. The molecule has 0 spiro atoms. The third-order valence-electron chi connectivity index (χ3n) is 2.26. The fraction of sp³-hybridized carbons (Fsp3) is 0.250. The molecule has 1 aromatic rings. The largest absolute Gasteiger partial charge is 0.466 e. The lowest BCUT2D eigenvalue weighted by molar-refractivity contribution is -0.137. The predicted molar refractivity (Wildman–Crippen MR) is 57.3 cm³/mol. The first-order chi connectivity index (χ1) is 7.07. The van der Waals surface area contributed by atoms with E-state index in [0.29, 0.717) is 5.56 Å². The molecule has 0 amide bonds. The van der Waals surface area contributed by atoms with E-state index in [1.54, 1.807) is 12.1 Å². The Kier molecular flexibility index (Phi) is 3.63. The summed E-state index contributed by atoms with van der Waals surface area (Å²) in [5.74, 6) is -0.592. The zero-order chi connectivity index (χ0) is 11.4. The number of ether oxygens (including phenoxy) is 1. The van der Waals surface area contributed by atoms with Gasteiger partial charge in [-0.1, -0.05) is 30.8 Å². The summed E-state index contributed by atoms with van der Waals surface area (Å²) in [5, 5.41) is 9.87. The molecule has 0 saturated carbocycles. The van der Waals surface area contributed by atoms with Crippen LogP contribution in [-0.4, -0.2) is 18.2 Å². The SMILES string of the molecule is C=C(C(=O)OC)C(O)c1ccccc1C. The number of methoxy groups -OCH3 is 1. The molecule has 0 bridgehead atoms. The van der Waals surface area contributed by atoms with Crippen LogP contribution in [0.15, 0.2) is 36.4 Å². The molecule has 0 aliphatic rings. The molecule has 1 rings (SSSR count). The Hall–Kier alpha value is -1.61. The first kappa shape index (κ1) is 11.5. The van der Waals surface area contributed by atoms with Gasteiger partial charge in [0.15, 0.2) is 0 Å². The monoisotopic (exact) mass is 206 g/mol. The summed E-state index contributed by atoms with van der Waals surface area (Å²) in [6.07, 6.45) is -1.00. The van der Waals surface area contributed by atoms with E-state index in [2.05, 4.69) is 11.3 Å². The topological polar surface area (TPSA) is 46.5 Å². The first-order valence-corrected chi connectivity index (χ1v) is 4.58. The van der Waals surface area contributed by atoms with Crippen LogP contribution in [-0.2, 0) is 9.53 Å². The highest BCUT2D eigenvalue weighted by atomic mass is 16.5. The minimum Gasteiger partial charge on any atom is -0.466 e. The average molecular weight is 206 g/mol. The smallest absolute Gasteiger partial charge is 0.336 e. The number of aliphatic hydroxyl groups excluding tert-OH is 1. The van der Waals surface area contributed by atoms with Crippen LogP contribution in [0.5, 0.6) is 0 Å². The second kappa shape index (κ2) is 4.75. The van der Waals surface area contributed by atoms with Gasteiger partial charge in [-0.2, -0.15) is 0 Å². The third-order valence-corrected chi connectivity index (χ3v) is 2.26. The zero-order valence-corrected chi connectivity index (χ0v) is 8.86. The van der Waals surface area contributed by atoms with Crippen molar-refractivity contribution in [2.45, 2.75) is 13.0 Å². The van der Waals surface area contributed by atoms with Gasteiger partial charge in [-0.25, -0.2) is 4.79 Å². The van der Waals surface area contributed by atoms with Crippen LogP contribution in [0.3, 0.4) is 0 Å². The molecule has 0 fully saturated rings. The predicted octanol–water partition coefficient (Wildman–Crippen LogP) is 1.76. The number of rotatable bonds is 3. The molecule has 1 N–H and O–H groups in total. The summed E-state index contributed by atoms with van der Waals surface area (Å²) in [7, 11) is 1.26. The van der Waals surface area contributed by atoms with E-state index in [-0.39, 0.29) is 5.57 Å². The molecule has 80 valence electrons. The third kappa shape index (κ3) is 2.44. The molecule has 1 aromatic carbocycles. The van der Waals surface area contributed by atoms with E-state index in [1.165, 1.54) is 7.11 Å². The Morgan fingerprint density at radius 3 is 2.60 bits per heavy atom. The fourth-order valence-electron chi connectivity index (χ4n) is 1.32. The number of carbonyl (C=O) groups is 1. The van der Waals surface area contributed by atoms with Gasteiger partial charge < -0.3 is 9.84 Å². The molecule has 15 heavy (non-hydrogen) atoms. The van der Waals surface area contributed by atoms with Gasteiger partial charge in [-0.05, 0) is 18.1 Å². The normalized spacial score (nSPS) is 11.9. The summed E-state index contributed by atoms with van der Waals surface area (Å²) in [4.78, 5) is 11.2. The molecule has 1 atom stereocenters. The van der Waals surface area contributed by atoms with E-state index in [1.807, 2.05) is 19.1 Å². The second-order valence-electron chi connectivity index (χ2n) is 3.28. The van der Waals surface area contributed by atoms with Crippen LogP contribution in [0, 0.1) is 6.92 Å². The van der Waals surface area contributed by atoms with Crippen molar-refractivity contribution >= 4 is 5.97 Å². The van der Waals surface area contributed by atoms with Crippen molar-refractivity contribution in [2.24, 2.45) is 0 Å². The van der Waals surface area contributed by atoms with Crippen LogP contribution >= 0.6 is 0 Å². The van der Waals surface area contributed by atoms with Crippen LogP contribution < -0.4 is 0 Å². The van der Waals surface area contributed by atoms with Gasteiger partial charge in [0.25, 0.3) is 0 Å². The Morgan fingerprint density at radius 1 is 1.47 bits per heavy atom. The number of aliphatic hydroxyl groups is 1. The van der Waals surface area contributed by atoms with Crippen molar-refractivity contribution in [2.75, 3.05) is 7.11 Å². The average Bonchev–Trinajstić information content (AvgIpc) is 2.26. The first-order valence-electron chi connectivity index (χ1n) is 4.58. The minimum atomic E-state index is -1.00. The summed E-state index contributed by atoms with van der Waals surface area (Å²) in [6, 6.07) is 7.29. The maximum Gasteiger partial charge on any atom is 0.336 e. The maximum absolute atomic E-state index is 11.2. The molecule has 3 heteroatoms. The molecule has 3 nitrogen and oxygen atoms in total. The zero-order valence-electron chi connectivity index (χ0n) is 8.86. The summed E-state index contributed by atoms with van der Waals surface area (Å²) in [5.41, 5.74) is 1.63. The standard InChI is InChI=1S/C12H14O3/c1-8-6-4-5-7-10(8)11(13)9(2)12(14)15-3/h4-7,11,13H,2H2,1,3H3. The number of aryl methyl sites for hydroxylation is 1. The highest BCUT2D eigenvalue weighted by Gasteiger charge is 2.19. The van der Waals surface area contributed by atoms with Crippen LogP contribution in [0.1, 0.15) is 17.2 Å². The van der Waals surface area contributed by atoms with Gasteiger partial charge in [-0.3, -0.25) is 0 Å². The number of hydrogen-bond acceptors (Lipinski definition) is 3. The Balaban J connectivity index is 2.95. The molecule has 1 unspecified atom stereocenters. The highest BCUT2D eigenvalue weighted by molar-refractivity contribution is 5.89. The number of benzene rings is 1. The van der Waals surface area contributed by atoms with Crippen molar-refractivity contribution in [3.05, 3.63) is 47.5 Å². The van der Waals surface area contributed by atoms with Crippen molar-refractivity contribution < 1.29 is 14.6 Å². The Bertz CT molecular complexity index is 382. The number of esters is 1. The molecule has 0 radical (unpaired) electrons. The van der Waals surface area contributed by atoms with E-state index < -0.39 is 12.1 Å². The van der Waals surface area contributed by atoms with Gasteiger partial charge in [-0.15, -0.1) is 0 Å². The molecular weight excluding hydrogens is 192 g/mol. The fourth-order valence-corrected chi connectivity index (χ4v) is 1.32. The van der Waals surface area contributed by atoms with Crippen LogP contribution in [0.4, 0.5) is 0 Å². The molecule has 0 aliphatic carbocycles. The molecule has 0 saturated heterocycles. The van der Waals surface area contributed by atoms with Crippen LogP contribution in [0.2, 0.25) is 0 Å². The van der Waals surface area contributed by atoms with Gasteiger partial charge in [0.2, 0.25) is 0 Å². The van der Waals surface area contributed by atoms with Gasteiger partial charge in [0.1, 0.15) is 6.10 Å². The van der Waals surface area contributed by atoms with Crippen molar-refractivity contribution in [1.29, 1.82) is 0 Å². The highest BCUT2D eigenvalue weighted by Crippen LogP contribution is 2.23. The number of hydrogen-bond donors (Lipinski definition) is 1. The van der Waals surface area contributed by atoms with Gasteiger partial charge >= 0.3 is 5.97 Å². The van der Waals surface area contributed by atoms with Crippen molar-refractivity contribution in [3.8, 4) is 0 Å². The Morgan fingerprint density at radius 2 is 2.07 bits per heavy atom. The number of carbonyl (C=O) groups excluding carboxylic acids is 1. The van der Waals surface area contributed by atoms with E-state index in [9.17, 15) is 9.90 Å². The van der Waals surface area contributed by atoms with Crippen molar-refractivity contribution in [1.82, 2.24) is 0 Å². The molecule has 0 aliphatic heterocycles. The van der Waals surface area contributed by atoms with Gasteiger partial charge in [0.05, 0.1) is 12.7 Å². The lowest BCUT2D eigenvalue weighted by atomic mass is 9.98. The quantitative estimate of drug-likeness (QED) is 0.605. The summed E-state index contributed by atoms with van der Waals surface area (Å²) >= 11 is 0. The molecular formula is C12H14O3. The summed E-state index contributed by atoms with van der Waals surface area (Å²) in [6.45, 7) is 5.38.